The Morgan fingerprint density at radius 1 is 0.914 bits per heavy atom. The number of rotatable bonds is 7. The molecule has 184 valence electrons. The maximum absolute atomic E-state index is 13.3. The van der Waals surface area contributed by atoms with E-state index in [0.29, 0.717) is 38.9 Å². The molecule has 1 aliphatic heterocycles. The number of carbonyl (C=O) groups excluding carboxylic acids is 2. The molecule has 8 heteroatoms. The van der Waals surface area contributed by atoms with Crippen LogP contribution in [0.25, 0.3) is 11.1 Å². The summed E-state index contributed by atoms with van der Waals surface area (Å²) in [7, 11) is 0. The SMILES string of the molecule is O=C(O)CC1(NC(=O)C2(NC(=O)OCC3c4ccccc4-c4ccccc43)CCC2)CCOCC1. The van der Waals surface area contributed by atoms with Crippen LogP contribution in [0.15, 0.2) is 48.5 Å². The van der Waals surface area contributed by atoms with Crippen molar-refractivity contribution in [3.8, 4) is 11.1 Å². The van der Waals surface area contributed by atoms with Crippen molar-refractivity contribution in [2.24, 2.45) is 0 Å². The van der Waals surface area contributed by atoms with Gasteiger partial charge in [0.25, 0.3) is 0 Å². The van der Waals surface area contributed by atoms with Gasteiger partial charge in [0.15, 0.2) is 0 Å². The Morgan fingerprint density at radius 3 is 2.06 bits per heavy atom. The first-order valence-corrected chi connectivity index (χ1v) is 12.2. The third-order valence-corrected chi connectivity index (χ3v) is 7.64. The highest BCUT2D eigenvalue weighted by Crippen LogP contribution is 2.44. The number of alkyl carbamates (subject to hydrolysis) is 1. The first kappa shape index (κ1) is 23.4. The number of carbonyl (C=O) groups is 3. The van der Waals surface area contributed by atoms with Gasteiger partial charge in [-0.25, -0.2) is 4.79 Å². The molecule has 0 aromatic heterocycles. The van der Waals surface area contributed by atoms with Gasteiger partial charge in [-0.15, -0.1) is 0 Å². The van der Waals surface area contributed by atoms with E-state index in [1.165, 1.54) is 0 Å². The van der Waals surface area contributed by atoms with Crippen molar-refractivity contribution < 1.29 is 29.0 Å². The number of carboxylic acids is 1. The molecule has 2 amide bonds. The summed E-state index contributed by atoms with van der Waals surface area (Å²) in [4.78, 5) is 37.6. The molecule has 2 aliphatic carbocycles. The molecule has 1 saturated heterocycles. The summed E-state index contributed by atoms with van der Waals surface area (Å²) < 4.78 is 11.0. The third-order valence-electron chi connectivity index (χ3n) is 7.64. The molecule has 0 atom stereocenters. The monoisotopic (exact) mass is 478 g/mol. The van der Waals surface area contributed by atoms with Crippen LogP contribution in [0.4, 0.5) is 4.79 Å². The normalized spacial score (nSPS) is 19.5. The van der Waals surface area contributed by atoms with Gasteiger partial charge in [-0.05, 0) is 54.4 Å². The zero-order valence-electron chi connectivity index (χ0n) is 19.5. The second-order valence-electron chi connectivity index (χ2n) is 9.80. The van der Waals surface area contributed by atoms with Gasteiger partial charge in [-0.2, -0.15) is 0 Å². The summed E-state index contributed by atoms with van der Waals surface area (Å²) in [6.45, 7) is 0.943. The summed E-state index contributed by atoms with van der Waals surface area (Å²) in [6.07, 6.45) is 1.81. The number of fused-ring (bicyclic) bond motifs is 3. The Morgan fingerprint density at radius 2 is 1.51 bits per heavy atom. The lowest BCUT2D eigenvalue weighted by Gasteiger charge is -2.45. The van der Waals surface area contributed by atoms with E-state index in [2.05, 4.69) is 34.9 Å². The minimum absolute atomic E-state index is 0.0691. The van der Waals surface area contributed by atoms with Crippen LogP contribution in [0.5, 0.6) is 0 Å². The Kier molecular flexibility index (Phi) is 6.23. The summed E-state index contributed by atoms with van der Waals surface area (Å²) in [5, 5.41) is 15.2. The van der Waals surface area contributed by atoms with Gasteiger partial charge in [-0.1, -0.05) is 48.5 Å². The zero-order valence-corrected chi connectivity index (χ0v) is 19.5. The molecular formula is C27H30N2O6. The lowest BCUT2D eigenvalue weighted by molar-refractivity contribution is -0.142. The molecule has 0 spiro atoms. The number of hydrogen-bond donors (Lipinski definition) is 3. The maximum atomic E-state index is 13.3. The lowest BCUT2D eigenvalue weighted by Crippen LogP contribution is -2.67. The number of hydrogen-bond acceptors (Lipinski definition) is 5. The average Bonchev–Trinajstić information content (AvgIpc) is 3.14. The number of nitrogens with one attached hydrogen (secondary N) is 2. The van der Waals surface area contributed by atoms with Gasteiger partial charge < -0.3 is 25.2 Å². The van der Waals surface area contributed by atoms with E-state index in [0.717, 1.165) is 28.7 Å². The standard InChI is InChI=1S/C27H30N2O6/c30-23(31)16-26(12-14-34-15-13-26)28-24(32)27(10-5-11-27)29-25(33)35-17-22-20-8-3-1-6-18(20)19-7-2-4-9-21(19)22/h1-4,6-9,22H,5,10-17H2,(H,28,32)(H,29,33)(H,30,31). The fourth-order valence-electron chi connectivity index (χ4n) is 5.53. The molecular weight excluding hydrogens is 448 g/mol. The molecule has 8 nitrogen and oxygen atoms in total. The minimum atomic E-state index is -1.08. The van der Waals surface area contributed by atoms with Crippen molar-refractivity contribution in [1.29, 1.82) is 0 Å². The first-order chi connectivity index (χ1) is 16.9. The maximum Gasteiger partial charge on any atom is 0.408 e. The van der Waals surface area contributed by atoms with Crippen molar-refractivity contribution in [3.63, 3.8) is 0 Å². The van der Waals surface area contributed by atoms with Gasteiger partial charge in [0.05, 0.1) is 12.0 Å². The lowest BCUT2D eigenvalue weighted by atomic mass is 9.74. The zero-order chi connectivity index (χ0) is 24.5. The van der Waals surface area contributed by atoms with E-state index in [1.807, 2.05) is 24.3 Å². The fraction of sp³-hybridized carbons (Fsp3) is 0.444. The van der Waals surface area contributed by atoms with Crippen molar-refractivity contribution in [3.05, 3.63) is 59.7 Å². The second kappa shape index (κ2) is 9.34. The van der Waals surface area contributed by atoms with Gasteiger partial charge in [-0.3, -0.25) is 9.59 Å². The molecule has 2 fully saturated rings. The van der Waals surface area contributed by atoms with Crippen molar-refractivity contribution in [2.45, 2.75) is 55.5 Å². The van der Waals surface area contributed by atoms with E-state index >= 15 is 0 Å². The van der Waals surface area contributed by atoms with Crippen molar-refractivity contribution in [1.82, 2.24) is 10.6 Å². The van der Waals surface area contributed by atoms with E-state index < -0.39 is 23.1 Å². The highest BCUT2D eigenvalue weighted by molar-refractivity contribution is 5.92. The Labute approximate surface area is 204 Å². The highest BCUT2D eigenvalue weighted by Gasteiger charge is 2.49. The smallest absolute Gasteiger partial charge is 0.408 e. The van der Waals surface area contributed by atoms with E-state index in [9.17, 15) is 19.5 Å². The van der Waals surface area contributed by atoms with Gasteiger partial charge in [0, 0.05) is 19.1 Å². The molecule has 1 saturated carbocycles. The fourth-order valence-corrected chi connectivity index (χ4v) is 5.53. The second-order valence-corrected chi connectivity index (χ2v) is 9.80. The topological polar surface area (TPSA) is 114 Å². The predicted octanol–water partition coefficient (Wildman–Crippen LogP) is 3.59. The van der Waals surface area contributed by atoms with Crippen LogP contribution in [0.3, 0.4) is 0 Å². The van der Waals surface area contributed by atoms with Crippen molar-refractivity contribution in [2.75, 3.05) is 19.8 Å². The Balaban J connectivity index is 1.25. The van der Waals surface area contributed by atoms with E-state index in [4.69, 9.17) is 9.47 Å². The van der Waals surface area contributed by atoms with Crippen LogP contribution in [-0.4, -0.2) is 54.0 Å². The van der Waals surface area contributed by atoms with Crippen LogP contribution in [0, 0.1) is 0 Å². The molecule has 35 heavy (non-hydrogen) atoms. The van der Waals surface area contributed by atoms with E-state index in [-0.39, 0.29) is 24.9 Å². The van der Waals surface area contributed by atoms with Crippen LogP contribution in [-0.2, 0) is 19.1 Å². The van der Waals surface area contributed by atoms with Gasteiger partial charge >= 0.3 is 12.1 Å². The van der Waals surface area contributed by atoms with Crippen molar-refractivity contribution >= 4 is 18.0 Å². The molecule has 0 bridgehead atoms. The number of carboxylic acid groups (broad SMARTS) is 1. The predicted molar refractivity (Wildman–Crippen MR) is 128 cm³/mol. The van der Waals surface area contributed by atoms with Crippen LogP contribution in [0.2, 0.25) is 0 Å². The summed E-state index contributed by atoms with van der Waals surface area (Å²) >= 11 is 0. The average molecular weight is 479 g/mol. The molecule has 5 rings (SSSR count). The number of ether oxygens (including phenoxy) is 2. The highest BCUT2D eigenvalue weighted by atomic mass is 16.5. The number of amides is 2. The Bertz CT molecular complexity index is 1090. The molecule has 3 N–H and O–H groups in total. The van der Waals surface area contributed by atoms with Crippen LogP contribution >= 0.6 is 0 Å². The van der Waals surface area contributed by atoms with Crippen LogP contribution < -0.4 is 10.6 Å². The Hall–Kier alpha value is -3.39. The molecule has 1 heterocycles. The third kappa shape index (κ3) is 4.50. The van der Waals surface area contributed by atoms with Gasteiger partial charge in [0.1, 0.15) is 12.1 Å². The number of aliphatic carboxylic acids is 1. The minimum Gasteiger partial charge on any atom is -0.481 e. The number of benzene rings is 2. The molecule has 0 radical (unpaired) electrons. The molecule has 3 aliphatic rings. The quantitative estimate of drug-likeness (QED) is 0.561. The summed E-state index contributed by atoms with van der Waals surface area (Å²) in [6, 6.07) is 16.2. The first-order valence-electron chi connectivity index (χ1n) is 12.2. The molecule has 0 unspecified atom stereocenters. The van der Waals surface area contributed by atoms with E-state index in [1.54, 1.807) is 0 Å². The summed E-state index contributed by atoms with van der Waals surface area (Å²) in [5.41, 5.74) is 2.58. The van der Waals surface area contributed by atoms with Gasteiger partial charge in [0.2, 0.25) is 5.91 Å². The largest absolute Gasteiger partial charge is 0.481 e. The van der Waals surface area contributed by atoms with Crippen LogP contribution in [0.1, 0.15) is 55.6 Å². The summed E-state index contributed by atoms with van der Waals surface area (Å²) in [5.74, 6) is -1.39. The molecule has 2 aromatic carbocycles. The molecule has 2 aromatic rings.